The molecule has 2 saturated heterocycles. The lowest BCUT2D eigenvalue weighted by molar-refractivity contribution is -0.145. The summed E-state index contributed by atoms with van der Waals surface area (Å²) in [4.78, 5) is 74.2. The number of oxime groups is 1. The van der Waals surface area contributed by atoms with E-state index in [0.29, 0.717) is 45.3 Å². The molecule has 3 fully saturated rings. The van der Waals surface area contributed by atoms with Crippen LogP contribution in [-0.4, -0.2) is 89.6 Å². The molecule has 12 nitrogen and oxygen atoms in total. The van der Waals surface area contributed by atoms with E-state index < -0.39 is 46.7 Å². The molecule has 1 saturated carbocycles. The number of nitrogens with one attached hydrogen (secondary N) is 3. The maximum atomic E-state index is 14.3. The van der Waals surface area contributed by atoms with Crippen LogP contribution in [0.5, 0.6) is 0 Å². The predicted octanol–water partition coefficient (Wildman–Crippen LogP) is 1.99. The largest absolute Gasteiger partial charge is 0.387 e. The third-order valence-electron chi connectivity index (χ3n) is 8.87. The van der Waals surface area contributed by atoms with E-state index in [1.54, 1.807) is 0 Å². The number of likely N-dealkylation sites (tertiary alicyclic amines) is 1. The SMILES string of the molecule is CCC[C@H](NC(=O)[C@@H]1C[C@]2(CC(CC)=NO2)CN1C(=O)[C@@H](NC(=O)CC1CCOCC1)C(C)(C)C)C(=O)C(=O)NC1CC1. The van der Waals surface area contributed by atoms with Crippen molar-refractivity contribution in [1.29, 1.82) is 0 Å². The lowest BCUT2D eigenvalue weighted by atomic mass is 9.85. The Balaban J connectivity index is 1.53. The minimum absolute atomic E-state index is 0.0143. The quantitative estimate of drug-likeness (QED) is 0.288. The molecule has 240 valence electrons. The number of carbonyl (C=O) groups is 5. The number of carbonyl (C=O) groups excluding carboxylic acids is 5. The van der Waals surface area contributed by atoms with Gasteiger partial charge in [-0.2, -0.15) is 0 Å². The zero-order valence-electron chi connectivity index (χ0n) is 26.3. The first-order chi connectivity index (χ1) is 20.4. The van der Waals surface area contributed by atoms with Crippen molar-refractivity contribution >= 4 is 35.1 Å². The van der Waals surface area contributed by atoms with Crippen LogP contribution in [0.15, 0.2) is 5.16 Å². The van der Waals surface area contributed by atoms with Crippen LogP contribution < -0.4 is 16.0 Å². The van der Waals surface area contributed by atoms with Gasteiger partial charge in [-0.1, -0.05) is 46.2 Å². The van der Waals surface area contributed by atoms with Crippen molar-refractivity contribution < 1.29 is 33.5 Å². The van der Waals surface area contributed by atoms with Gasteiger partial charge in [-0.3, -0.25) is 24.0 Å². The molecule has 0 aromatic heterocycles. The molecule has 0 aromatic rings. The van der Waals surface area contributed by atoms with Gasteiger partial charge in [0.25, 0.3) is 5.91 Å². The smallest absolute Gasteiger partial charge is 0.289 e. The van der Waals surface area contributed by atoms with Crippen molar-refractivity contribution in [3.05, 3.63) is 0 Å². The van der Waals surface area contributed by atoms with Crippen molar-refractivity contribution in [2.75, 3.05) is 19.8 Å². The maximum absolute atomic E-state index is 14.3. The molecular formula is C31H49N5O7. The standard InChI is InChI=1S/C31H49N5O7/c1-6-8-22(25(38)28(40)32-21-9-10-21)33-27(39)23-17-31(16-20(7-2)35-43-31)18-36(23)29(41)26(30(3,4)5)34-24(37)15-19-11-13-42-14-12-19/h19,21-23,26H,6-18H2,1-5H3,(H,32,40)(H,33,39)(H,34,37)/t22-,23-,26+,31+/m0/s1. The van der Waals surface area contributed by atoms with Gasteiger partial charge in [-0.05, 0) is 49.9 Å². The highest BCUT2D eigenvalue weighted by Crippen LogP contribution is 2.39. The van der Waals surface area contributed by atoms with Crippen molar-refractivity contribution in [1.82, 2.24) is 20.9 Å². The Labute approximate surface area is 254 Å². The van der Waals surface area contributed by atoms with Crippen LogP contribution in [0, 0.1) is 11.3 Å². The van der Waals surface area contributed by atoms with Crippen LogP contribution >= 0.6 is 0 Å². The van der Waals surface area contributed by atoms with Crippen LogP contribution in [-0.2, 0) is 33.5 Å². The molecule has 12 heteroatoms. The van der Waals surface area contributed by atoms with Gasteiger partial charge in [0.1, 0.15) is 12.1 Å². The average molecular weight is 604 g/mol. The van der Waals surface area contributed by atoms with Gasteiger partial charge in [0.15, 0.2) is 5.60 Å². The topological polar surface area (TPSA) is 156 Å². The highest BCUT2D eigenvalue weighted by atomic mass is 16.7. The van der Waals surface area contributed by atoms with Crippen molar-refractivity contribution in [3.8, 4) is 0 Å². The van der Waals surface area contributed by atoms with Gasteiger partial charge < -0.3 is 30.4 Å². The maximum Gasteiger partial charge on any atom is 0.289 e. The number of nitrogens with zero attached hydrogens (tertiary/aromatic N) is 2. The molecule has 0 bridgehead atoms. The van der Waals surface area contributed by atoms with Gasteiger partial charge in [0.05, 0.1) is 18.3 Å². The molecule has 1 aliphatic carbocycles. The van der Waals surface area contributed by atoms with Gasteiger partial charge >= 0.3 is 0 Å². The molecule has 3 N–H and O–H groups in total. The summed E-state index contributed by atoms with van der Waals surface area (Å²) in [6.07, 6.45) is 5.80. The van der Waals surface area contributed by atoms with E-state index in [2.05, 4.69) is 21.1 Å². The number of ketones is 1. The third kappa shape index (κ3) is 8.33. The number of amides is 4. The molecule has 3 heterocycles. The number of rotatable bonds is 12. The third-order valence-corrected chi connectivity index (χ3v) is 8.87. The van der Waals surface area contributed by atoms with Gasteiger partial charge in [-0.15, -0.1) is 0 Å². The second-order valence-corrected chi connectivity index (χ2v) is 13.7. The lowest BCUT2D eigenvalue weighted by Crippen LogP contribution is -2.59. The van der Waals surface area contributed by atoms with E-state index in [4.69, 9.17) is 9.57 Å². The van der Waals surface area contributed by atoms with Crippen LogP contribution in [0.1, 0.15) is 98.8 Å². The Morgan fingerprint density at radius 3 is 2.33 bits per heavy atom. The first-order valence-electron chi connectivity index (χ1n) is 15.9. The Morgan fingerprint density at radius 1 is 1.05 bits per heavy atom. The highest BCUT2D eigenvalue weighted by Gasteiger charge is 2.55. The molecule has 0 unspecified atom stereocenters. The van der Waals surface area contributed by atoms with Crippen LogP contribution in [0.4, 0.5) is 0 Å². The molecule has 4 aliphatic rings. The molecule has 0 radical (unpaired) electrons. The molecule has 0 aromatic carbocycles. The normalized spacial score (nSPS) is 25.5. The minimum atomic E-state index is -1.01. The monoisotopic (exact) mass is 603 g/mol. The Kier molecular flexibility index (Phi) is 10.5. The minimum Gasteiger partial charge on any atom is -0.387 e. The van der Waals surface area contributed by atoms with Crippen molar-refractivity contribution in [2.45, 2.75) is 129 Å². The van der Waals surface area contributed by atoms with E-state index in [9.17, 15) is 24.0 Å². The molecule has 4 rings (SSSR count). The first-order valence-corrected chi connectivity index (χ1v) is 15.9. The molecule has 3 aliphatic heterocycles. The summed E-state index contributed by atoms with van der Waals surface area (Å²) in [6.45, 7) is 10.8. The molecular weight excluding hydrogens is 554 g/mol. The molecule has 4 amide bonds. The summed E-state index contributed by atoms with van der Waals surface area (Å²) in [6, 6.07) is -2.85. The second kappa shape index (κ2) is 13.7. The lowest BCUT2D eigenvalue weighted by Gasteiger charge is -2.36. The molecule has 4 atom stereocenters. The molecule has 43 heavy (non-hydrogen) atoms. The van der Waals surface area contributed by atoms with Gasteiger partial charge in [0.2, 0.25) is 23.5 Å². The van der Waals surface area contributed by atoms with Crippen LogP contribution in [0.3, 0.4) is 0 Å². The fraction of sp³-hybridized carbons (Fsp3) is 0.806. The Bertz CT molecular complexity index is 1110. The van der Waals surface area contributed by atoms with Crippen molar-refractivity contribution in [2.24, 2.45) is 16.5 Å². The zero-order valence-corrected chi connectivity index (χ0v) is 26.3. The van der Waals surface area contributed by atoms with Crippen LogP contribution in [0.25, 0.3) is 0 Å². The van der Waals surface area contributed by atoms with E-state index in [1.807, 2.05) is 34.6 Å². The average Bonchev–Trinajstić information content (AvgIpc) is 3.56. The number of hydrogen-bond acceptors (Lipinski definition) is 8. The van der Waals surface area contributed by atoms with Gasteiger partial charge in [0, 0.05) is 38.5 Å². The summed E-state index contributed by atoms with van der Waals surface area (Å²) in [7, 11) is 0. The summed E-state index contributed by atoms with van der Waals surface area (Å²) >= 11 is 0. The fourth-order valence-corrected chi connectivity index (χ4v) is 6.11. The summed E-state index contributed by atoms with van der Waals surface area (Å²) in [5.41, 5.74) is -0.672. The van der Waals surface area contributed by atoms with Crippen molar-refractivity contribution in [3.63, 3.8) is 0 Å². The van der Waals surface area contributed by atoms with Gasteiger partial charge in [-0.25, -0.2) is 0 Å². The number of Topliss-reactive ketones (excluding diaryl/α,β-unsaturated/α-hetero) is 1. The highest BCUT2D eigenvalue weighted by molar-refractivity contribution is 6.38. The summed E-state index contributed by atoms with van der Waals surface area (Å²) < 4.78 is 5.41. The van der Waals surface area contributed by atoms with E-state index >= 15 is 0 Å². The fourth-order valence-electron chi connectivity index (χ4n) is 6.11. The zero-order chi connectivity index (χ0) is 31.4. The Hall–Kier alpha value is -3.02. The number of ether oxygens (including phenoxy) is 1. The summed E-state index contributed by atoms with van der Waals surface area (Å²) in [5.74, 6) is -2.31. The van der Waals surface area contributed by atoms with E-state index in [0.717, 1.165) is 31.4 Å². The second-order valence-electron chi connectivity index (χ2n) is 13.7. The molecule has 1 spiro atoms. The number of hydrogen-bond donors (Lipinski definition) is 3. The predicted molar refractivity (Wildman–Crippen MR) is 159 cm³/mol. The summed E-state index contributed by atoms with van der Waals surface area (Å²) in [5, 5.41) is 12.7. The van der Waals surface area contributed by atoms with Crippen LogP contribution in [0.2, 0.25) is 0 Å². The van der Waals surface area contributed by atoms with E-state index in [1.165, 1.54) is 4.90 Å². The Morgan fingerprint density at radius 2 is 1.74 bits per heavy atom. The first kappa shape index (κ1) is 32.9. The van der Waals surface area contributed by atoms with E-state index in [-0.39, 0.29) is 36.7 Å².